The molecule has 4 heteroatoms. The number of hydrogen-bond donors (Lipinski definition) is 1. The van der Waals surface area contributed by atoms with E-state index in [1.807, 2.05) is 6.07 Å². The summed E-state index contributed by atoms with van der Waals surface area (Å²) in [6.45, 7) is 10.6. The van der Waals surface area contributed by atoms with E-state index in [2.05, 4.69) is 30.7 Å². The second-order valence-corrected chi connectivity index (χ2v) is 6.49. The molecule has 1 aromatic rings. The third kappa shape index (κ3) is 2.81. The van der Waals surface area contributed by atoms with Gasteiger partial charge >= 0.3 is 0 Å². The van der Waals surface area contributed by atoms with E-state index in [1.165, 1.54) is 6.07 Å². The normalized spacial score (nSPS) is 21.1. The summed E-state index contributed by atoms with van der Waals surface area (Å²) in [6, 6.07) is 3.33. The predicted octanol–water partition coefficient (Wildman–Crippen LogP) is 2.72. The maximum absolute atomic E-state index is 13.8. The minimum atomic E-state index is -0.664. The van der Waals surface area contributed by atoms with Crippen molar-refractivity contribution in [2.45, 2.75) is 39.3 Å². The third-order valence-electron chi connectivity index (χ3n) is 4.42. The molecule has 0 saturated carbocycles. The highest BCUT2D eigenvalue weighted by atomic mass is 19.1. The number of rotatable bonds is 2. The van der Waals surface area contributed by atoms with Gasteiger partial charge in [0.2, 0.25) is 0 Å². The molecule has 0 unspecified atom stereocenters. The number of anilines is 1. The summed E-state index contributed by atoms with van der Waals surface area (Å²) in [5.74, 6) is -0.252. The van der Waals surface area contributed by atoms with Crippen LogP contribution in [0.1, 0.15) is 38.0 Å². The van der Waals surface area contributed by atoms with Gasteiger partial charge in [-0.25, -0.2) is 4.39 Å². The smallest absolute Gasteiger partial charge is 0.126 e. The minimum Gasteiger partial charge on any atom is -0.389 e. The summed E-state index contributed by atoms with van der Waals surface area (Å²) in [5.41, 5.74) is 2.32. The molecule has 1 aliphatic rings. The number of benzene rings is 1. The Labute approximate surface area is 121 Å². The molecule has 0 spiro atoms. The second-order valence-electron chi connectivity index (χ2n) is 6.49. The molecule has 20 heavy (non-hydrogen) atoms. The highest BCUT2D eigenvalue weighted by molar-refractivity contribution is 5.57. The number of aryl methyl sites for hydroxylation is 1. The molecule has 0 amide bonds. The maximum atomic E-state index is 13.8. The molecule has 1 aliphatic heterocycles. The van der Waals surface area contributed by atoms with E-state index in [0.29, 0.717) is 11.1 Å². The van der Waals surface area contributed by atoms with Crippen LogP contribution in [0.25, 0.3) is 0 Å². The first-order valence-electron chi connectivity index (χ1n) is 7.16. The Morgan fingerprint density at radius 1 is 1.30 bits per heavy atom. The van der Waals surface area contributed by atoms with Crippen LogP contribution in [0.2, 0.25) is 0 Å². The zero-order valence-corrected chi connectivity index (χ0v) is 13.1. The standard InChI is InChI=1S/C16H25FN2O/c1-11-8-15(13(12(2)20)9-14(11)17)19-7-6-18(5)16(3,4)10-19/h8-9,12,20H,6-7,10H2,1-5H3/t12-/m0/s1. The Morgan fingerprint density at radius 3 is 2.50 bits per heavy atom. The first-order chi connectivity index (χ1) is 9.22. The first-order valence-corrected chi connectivity index (χ1v) is 7.16. The number of nitrogens with zero attached hydrogens (tertiary/aromatic N) is 2. The van der Waals surface area contributed by atoms with Crippen molar-refractivity contribution in [3.63, 3.8) is 0 Å². The van der Waals surface area contributed by atoms with Crippen LogP contribution in [-0.2, 0) is 0 Å². The lowest BCUT2D eigenvalue weighted by atomic mass is 9.97. The zero-order chi connectivity index (χ0) is 15.1. The van der Waals surface area contributed by atoms with Gasteiger partial charge in [-0.2, -0.15) is 0 Å². The number of aliphatic hydroxyl groups excluding tert-OH is 1. The van der Waals surface area contributed by atoms with Gasteiger partial charge in [0.1, 0.15) is 5.82 Å². The fourth-order valence-electron chi connectivity index (χ4n) is 2.74. The molecule has 1 fully saturated rings. The van der Waals surface area contributed by atoms with E-state index >= 15 is 0 Å². The van der Waals surface area contributed by atoms with Gasteiger partial charge in [-0.05, 0) is 52.4 Å². The largest absolute Gasteiger partial charge is 0.389 e. The summed E-state index contributed by atoms with van der Waals surface area (Å²) >= 11 is 0. The number of aliphatic hydroxyl groups is 1. The van der Waals surface area contributed by atoms with Crippen LogP contribution >= 0.6 is 0 Å². The molecular formula is C16H25FN2O. The fraction of sp³-hybridized carbons (Fsp3) is 0.625. The van der Waals surface area contributed by atoms with Crippen LogP contribution in [0, 0.1) is 12.7 Å². The third-order valence-corrected chi connectivity index (χ3v) is 4.42. The zero-order valence-electron chi connectivity index (χ0n) is 13.1. The topological polar surface area (TPSA) is 26.7 Å². The number of hydrogen-bond acceptors (Lipinski definition) is 3. The lowest BCUT2D eigenvalue weighted by Gasteiger charge is -2.47. The van der Waals surface area contributed by atoms with Gasteiger partial charge in [-0.15, -0.1) is 0 Å². The molecule has 1 N–H and O–H groups in total. The molecule has 1 atom stereocenters. The number of likely N-dealkylation sites (N-methyl/N-ethyl adjacent to an activating group) is 1. The van der Waals surface area contributed by atoms with E-state index < -0.39 is 6.10 Å². The average Bonchev–Trinajstić information content (AvgIpc) is 2.35. The Bertz CT molecular complexity index is 499. The van der Waals surface area contributed by atoms with Crippen molar-refractivity contribution < 1.29 is 9.50 Å². The molecule has 0 aromatic heterocycles. The van der Waals surface area contributed by atoms with Crippen molar-refractivity contribution in [1.29, 1.82) is 0 Å². The van der Waals surface area contributed by atoms with E-state index in [9.17, 15) is 9.50 Å². The molecular weight excluding hydrogens is 255 g/mol. The summed E-state index contributed by atoms with van der Waals surface area (Å²) < 4.78 is 13.8. The lowest BCUT2D eigenvalue weighted by molar-refractivity contribution is 0.138. The summed E-state index contributed by atoms with van der Waals surface area (Å²) in [6.07, 6.45) is -0.664. The molecule has 1 heterocycles. The summed E-state index contributed by atoms with van der Waals surface area (Å²) in [7, 11) is 2.13. The molecule has 1 saturated heterocycles. The Hall–Kier alpha value is -1.13. The van der Waals surface area contributed by atoms with Gasteiger partial charge in [-0.3, -0.25) is 4.90 Å². The van der Waals surface area contributed by atoms with Gasteiger partial charge in [0, 0.05) is 36.4 Å². The first kappa shape index (κ1) is 15.3. The quantitative estimate of drug-likeness (QED) is 0.902. The van der Waals surface area contributed by atoms with Crippen molar-refractivity contribution in [3.8, 4) is 0 Å². The number of halogens is 1. The van der Waals surface area contributed by atoms with Crippen LogP contribution in [-0.4, -0.2) is 42.2 Å². The van der Waals surface area contributed by atoms with Crippen molar-refractivity contribution >= 4 is 5.69 Å². The molecule has 0 radical (unpaired) electrons. The van der Waals surface area contributed by atoms with E-state index in [0.717, 1.165) is 25.3 Å². The van der Waals surface area contributed by atoms with Gasteiger partial charge in [0.15, 0.2) is 0 Å². The Kier molecular flexibility index (Phi) is 4.07. The maximum Gasteiger partial charge on any atom is 0.126 e. The van der Waals surface area contributed by atoms with Crippen molar-refractivity contribution in [1.82, 2.24) is 4.90 Å². The van der Waals surface area contributed by atoms with Crippen LogP contribution in [0.15, 0.2) is 12.1 Å². The van der Waals surface area contributed by atoms with E-state index in [4.69, 9.17) is 0 Å². The summed E-state index contributed by atoms with van der Waals surface area (Å²) in [4.78, 5) is 4.59. The monoisotopic (exact) mass is 280 g/mol. The molecule has 2 rings (SSSR count). The highest BCUT2D eigenvalue weighted by Crippen LogP contribution is 2.32. The average molecular weight is 280 g/mol. The van der Waals surface area contributed by atoms with Crippen molar-refractivity contribution in [2.24, 2.45) is 0 Å². The molecule has 3 nitrogen and oxygen atoms in total. The SMILES string of the molecule is Cc1cc(N2CCN(C)C(C)(C)C2)c([C@H](C)O)cc1F. The number of piperazine rings is 1. The van der Waals surface area contributed by atoms with E-state index in [-0.39, 0.29) is 11.4 Å². The molecule has 1 aromatic carbocycles. The van der Waals surface area contributed by atoms with Crippen LogP contribution < -0.4 is 4.90 Å². The lowest BCUT2D eigenvalue weighted by Crippen LogP contribution is -2.57. The van der Waals surface area contributed by atoms with Crippen molar-refractivity contribution in [3.05, 3.63) is 29.1 Å². The second kappa shape index (κ2) is 5.34. The predicted molar refractivity (Wildman–Crippen MR) is 80.7 cm³/mol. The Balaban J connectivity index is 2.40. The molecule has 0 aliphatic carbocycles. The van der Waals surface area contributed by atoms with Gasteiger partial charge in [0.25, 0.3) is 0 Å². The van der Waals surface area contributed by atoms with Crippen LogP contribution in [0.3, 0.4) is 0 Å². The fourth-order valence-corrected chi connectivity index (χ4v) is 2.74. The van der Waals surface area contributed by atoms with Crippen LogP contribution in [0.4, 0.5) is 10.1 Å². The minimum absolute atomic E-state index is 0.0660. The molecule has 112 valence electrons. The van der Waals surface area contributed by atoms with Gasteiger partial charge in [0.05, 0.1) is 6.10 Å². The van der Waals surface area contributed by atoms with E-state index in [1.54, 1.807) is 13.8 Å². The highest BCUT2D eigenvalue weighted by Gasteiger charge is 2.32. The van der Waals surface area contributed by atoms with Crippen LogP contribution in [0.5, 0.6) is 0 Å². The van der Waals surface area contributed by atoms with Gasteiger partial charge in [-0.1, -0.05) is 0 Å². The van der Waals surface area contributed by atoms with Gasteiger partial charge < -0.3 is 10.0 Å². The molecule has 0 bridgehead atoms. The van der Waals surface area contributed by atoms with Crippen molar-refractivity contribution in [2.75, 3.05) is 31.6 Å². The summed E-state index contributed by atoms with van der Waals surface area (Å²) in [5, 5.41) is 9.93. The Morgan fingerprint density at radius 2 is 1.95 bits per heavy atom.